The molecule has 3 nitrogen and oxygen atoms in total. The topological polar surface area (TPSA) is 27.3 Å². The Bertz CT molecular complexity index is 280. The summed E-state index contributed by atoms with van der Waals surface area (Å²) >= 11 is 0. The predicted molar refractivity (Wildman–Crippen MR) is 75.8 cm³/mol. The third-order valence-electron chi connectivity index (χ3n) is 5.98. The van der Waals surface area contributed by atoms with Crippen molar-refractivity contribution < 1.29 is 0 Å². The fourth-order valence-corrected chi connectivity index (χ4v) is 4.18. The van der Waals surface area contributed by atoms with Crippen LogP contribution in [-0.4, -0.2) is 49.7 Å². The molecule has 2 N–H and O–H groups in total. The third-order valence-corrected chi connectivity index (χ3v) is 5.98. The molecular formula is C15H29N3. The lowest BCUT2D eigenvalue weighted by Gasteiger charge is -2.54. The van der Waals surface area contributed by atoms with E-state index in [0.29, 0.717) is 11.0 Å². The van der Waals surface area contributed by atoms with Crippen molar-refractivity contribution in [3.63, 3.8) is 0 Å². The highest BCUT2D eigenvalue weighted by Crippen LogP contribution is 2.40. The minimum absolute atomic E-state index is 0.404. The summed E-state index contributed by atoms with van der Waals surface area (Å²) in [5, 5.41) is 6.96. The van der Waals surface area contributed by atoms with Crippen molar-refractivity contribution >= 4 is 0 Å². The Morgan fingerprint density at radius 3 is 2.11 bits per heavy atom. The summed E-state index contributed by atoms with van der Waals surface area (Å²) in [6.45, 7) is 12.6. The van der Waals surface area contributed by atoms with E-state index in [9.17, 15) is 0 Å². The molecule has 18 heavy (non-hydrogen) atoms. The van der Waals surface area contributed by atoms with Crippen LogP contribution in [0.25, 0.3) is 0 Å². The zero-order valence-corrected chi connectivity index (χ0v) is 12.1. The Labute approximate surface area is 112 Å². The van der Waals surface area contributed by atoms with Crippen molar-refractivity contribution in [1.82, 2.24) is 15.5 Å². The second kappa shape index (κ2) is 4.77. The molecule has 3 fully saturated rings. The van der Waals surface area contributed by atoms with Crippen molar-refractivity contribution in [3.8, 4) is 0 Å². The number of hydrogen-bond donors (Lipinski definition) is 2. The average Bonchev–Trinajstić information content (AvgIpc) is 2.38. The first-order valence-corrected chi connectivity index (χ1v) is 7.79. The fraction of sp³-hybridized carbons (Fsp3) is 1.00. The highest BCUT2D eigenvalue weighted by molar-refractivity contribution is 5.00. The van der Waals surface area contributed by atoms with Gasteiger partial charge in [0.05, 0.1) is 0 Å². The number of rotatable bonds is 2. The standard InChI is InChI=1S/C15H29N3/c1-14(2,13-3-7-16-8-4-13)18-9-5-15(6-10-18)11-17-12-15/h13,16-17H,3-12H2,1-2H3. The monoisotopic (exact) mass is 251 g/mol. The summed E-state index contributed by atoms with van der Waals surface area (Å²) < 4.78 is 0. The number of likely N-dealkylation sites (tertiary alicyclic amines) is 1. The van der Waals surface area contributed by atoms with E-state index in [2.05, 4.69) is 29.4 Å². The number of nitrogens with zero attached hydrogens (tertiary/aromatic N) is 1. The van der Waals surface area contributed by atoms with E-state index in [1.54, 1.807) is 0 Å². The van der Waals surface area contributed by atoms with Crippen LogP contribution < -0.4 is 10.6 Å². The van der Waals surface area contributed by atoms with Crippen LogP contribution >= 0.6 is 0 Å². The molecule has 0 aromatic heterocycles. The van der Waals surface area contributed by atoms with Crippen molar-refractivity contribution in [1.29, 1.82) is 0 Å². The van der Waals surface area contributed by atoms with E-state index in [-0.39, 0.29) is 0 Å². The molecule has 3 heteroatoms. The Morgan fingerprint density at radius 2 is 1.61 bits per heavy atom. The molecule has 0 aliphatic carbocycles. The SMILES string of the molecule is CC(C)(C1CCNCC1)N1CCC2(CC1)CNC2. The average molecular weight is 251 g/mol. The van der Waals surface area contributed by atoms with E-state index >= 15 is 0 Å². The smallest absolute Gasteiger partial charge is 0.0182 e. The molecule has 1 spiro atoms. The van der Waals surface area contributed by atoms with Crippen LogP contribution in [0.3, 0.4) is 0 Å². The van der Waals surface area contributed by atoms with E-state index in [1.807, 2.05) is 0 Å². The minimum Gasteiger partial charge on any atom is -0.317 e. The number of nitrogens with one attached hydrogen (secondary N) is 2. The van der Waals surface area contributed by atoms with Crippen LogP contribution in [-0.2, 0) is 0 Å². The summed E-state index contributed by atoms with van der Waals surface area (Å²) in [5.41, 5.74) is 1.08. The molecule has 0 unspecified atom stereocenters. The summed E-state index contributed by atoms with van der Waals surface area (Å²) in [4.78, 5) is 2.78. The summed E-state index contributed by atoms with van der Waals surface area (Å²) in [7, 11) is 0. The molecule has 3 saturated heterocycles. The Morgan fingerprint density at radius 1 is 1.00 bits per heavy atom. The molecule has 0 radical (unpaired) electrons. The van der Waals surface area contributed by atoms with Gasteiger partial charge in [0.15, 0.2) is 0 Å². The van der Waals surface area contributed by atoms with Gasteiger partial charge in [0, 0.05) is 18.6 Å². The summed E-state index contributed by atoms with van der Waals surface area (Å²) in [6, 6.07) is 0. The van der Waals surface area contributed by atoms with E-state index in [4.69, 9.17) is 0 Å². The maximum absolute atomic E-state index is 3.49. The van der Waals surface area contributed by atoms with Crippen molar-refractivity contribution in [2.45, 2.75) is 45.1 Å². The van der Waals surface area contributed by atoms with Crippen molar-refractivity contribution in [2.24, 2.45) is 11.3 Å². The number of hydrogen-bond acceptors (Lipinski definition) is 3. The van der Waals surface area contributed by atoms with Crippen molar-refractivity contribution in [2.75, 3.05) is 39.3 Å². The van der Waals surface area contributed by atoms with Gasteiger partial charge in [-0.05, 0) is 77.0 Å². The molecular weight excluding hydrogens is 222 g/mol. The summed E-state index contributed by atoms with van der Waals surface area (Å²) in [5.74, 6) is 0.882. The summed E-state index contributed by atoms with van der Waals surface area (Å²) in [6.07, 6.45) is 5.54. The van der Waals surface area contributed by atoms with Gasteiger partial charge in [0.25, 0.3) is 0 Å². The zero-order valence-electron chi connectivity index (χ0n) is 12.1. The van der Waals surface area contributed by atoms with Gasteiger partial charge in [-0.25, -0.2) is 0 Å². The maximum Gasteiger partial charge on any atom is 0.0182 e. The third kappa shape index (κ3) is 2.21. The van der Waals surface area contributed by atoms with Gasteiger partial charge >= 0.3 is 0 Å². The van der Waals surface area contributed by atoms with Gasteiger partial charge in [-0.15, -0.1) is 0 Å². The van der Waals surface area contributed by atoms with Crippen LogP contribution in [0.4, 0.5) is 0 Å². The highest BCUT2D eigenvalue weighted by Gasteiger charge is 2.44. The second-order valence-corrected chi connectivity index (χ2v) is 7.27. The van der Waals surface area contributed by atoms with Gasteiger partial charge in [-0.3, -0.25) is 4.90 Å². The molecule has 0 amide bonds. The quantitative estimate of drug-likeness (QED) is 0.778. The molecule has 3 aliphatic heterocycles. The molecule has 0 saturated carbocycles. The van der Waals surface area contributed by atoms with Gasteiger partial charge in [0.1, 0.15) is 0 Å². The van der Waals surface area contributed by atoms with Crippen LogP contribution in [0.5, 0.6) is 0 Å². The normalized spacial score (nSPS) is 30.3. The maximum atomic E-state index is 3.49. The molecule has 0 atom stereocenters. The van der Waals surface area contributed by atoms with E-state index < -0.39 is 0 Å². The van der Waals surface area contributed by atoms with Crippen LogP contribution in [0.1, 0.15) is 39.5 Å². The van der Waals surface area contributed by atoms with E-state index in [1.165, 1.54) is 65.0 Å². The first-order chi connectivity index (χ1) is 8.62. The molecule has 104 valence electrons. The number of piperidine rings is 2. The van der Waals surface area contributed by atoms with Gasteiger partial charge in [0.2, 0.25) is 0 Å². The van der Waals surface area contributed by atoms with Gasteiger partial charge in [-0.1, -0.05) is 0 Å². The predicted octanol–water partition coefficient (Wildman–Crippen LogP) is 1.45. The Kier molecular flexibility index (Phi) is 3.41. The zero-order chi connectivity index (χ0) is 12.6. The first-order valence-electron chi connectivity index (χ1n) is 7.79. The Balaban J connectivity index is 1.59. The van der Waals surface area contributed by atoms with Gasteiger partial charge < -0.3 is 10.6 Å². The van der Waals surface area contributed by atoms with Crippen LogP contribution in [0.2, 0.25) is 0 Å². The molecule has 0 aromatic rings. The fourth-order valence-electron chi connectivity index (χ4n) is 4.18. The van der Waals surface area contributed by atoms with Gasteiger partial charge in [-0.2, -0.15) is 0 Å². The largest absolute Gasteiger partial charge is 0.317 e. The lowest BCUT2D eigenvalue weighted by atomic mass is 9.71. The molecule has 3 aliphatic rings. The lowest BCUT2D eigenvalue weighted by Crippen LogP contribution is -2.62. The molecule has 0 bridgehead atoms. The van der Waals surface area contributed by atoms with Crippen LogP contribution in [0, 0.1) is 11.3 Å². The van der Waals surface area contributed by atoms with Crippen molar-refractivity contribution in [3.05, 3.63) is 0 Å². The minimum atomic E-state index is 0.404. The highest BCUT2D eigenvalue weighted by atomic mass is 15.2. The lowest BCUT2D eigenvalue weighted by molar-refractivity contribution is -0.0225. The van der Waals surface area contributed by atoms with E-state index in [0.717, 1.165) is 5.92 Å². The van der Waals surface area contributed by atoms with Crippen LogP contribution in [0.15, 0.2) is 0 Å². The molecule has 0 aromatic carbocycles. The molecule has 3 rings (SSSR count). The second-order valence-electron chi connectivity index (χ2n) is 7.27. The Hall–Kier alpha value is -0.120. The first kappa shape index (κ1) is 12.9. The molecule has 3 heterocycles.